The summed E-state index contributed by atoms with van der Waals surface area (Å²) in [6.45, 7) is 3.71. The number of aryl methyl sites for hydroxylation is 1. The lowest BCUT2D eigenvalue weighted by atomic mass is 10.2. The maximum Gasteiger partial charge on any atom is 0.0834 e. The molecule has 2 aromatic heterocycles. The number of nitrogens with zero attached hydrogens (tertiary/aromatic N) is 3. The molecule has 3 rings (SSSR count). The van der Waals surface area contributed by atoms with Crippen LogP contribution in [0.5, 0.6) is 0 Å². The second kappa shape index (κ2) is 4.90. The highest BCUT2D eigenvalue weighted by molar-refractivity contribution is 5.20. The molecule has 1 fully saturated rings. The maximum atomic E-state index is 4.48. The van der Waals surface area contributed by atoms with Gasteiger partial charge in [0.25, 0.3) is 0 Å². The maximum absolute atomic E-state index is 4.48. The number of hydrogen-bond acceptors (Lipinski definition) is 3. The van der Waals surface area contributed by atoms with E-state index in [0.29, 0.717) is 0 Å². The zero-order valence-corrected chi connectivity index (χ0v) is 10.6. The Bertz CT molecular complexity index is 528. The molecule has 0 radical (unpaired) electrons. The molecule has 1 aliphatic carbocycles. The Morgan fingerprint density at radius 3 is 3.06 bits per heavy atom. The third-order valence-corrected chi connectivity index (χ3v) is 3.22. The first-order chi connectivity index (χ1) is 8.81. The minimum atomic E-state index is 0.727. The van der Waals surface area contributed by atoms with Crippen molar-refractivity contribution in [3.8, 4) is 0 Å². The van der Waals surface area contributed by atoms with E-state index in [1.54, 1.807) is 0 Å². The van der Waals surface area contributed by atoms with Crippen LogP contribution in [0.1, 0.15) is 29.7 Å². The average Bonchev–Trinajstić information content (AvgIpc) is 3.12. The molecular formula is C14H18N4. The van der Waals surface area contributed by atoms with Crippen molar-refractivity contribution >= 4 is 0 Å². The van der Waals surface area contributed by atoms with Crippen molar-refractivity contribution in [2.45, 2.75) is 38.9 Å². The first-order valence-corrected chi connectivity index (χ1v) is 6.46. The summed E-state index contributed by atoms with van der Waals surface area (Å²) < 4.78 is 1.94. The lowest BCUT2D eigenvalue weighted by molar-refractivity contribution is 0.641. The lowest BCUT2D eigenvalue weighted by Crippen LogP contribution is -2.17. The Labute approximate surface area is 107 Å². The molecule has 0 saturated heterocycles. The predicted molar refractivity (Wildman–Crippen MR) is 70.2 cm³/mol. The number of rotatable bonds is 5. The molecule has 2 heterocycles. The molecule has 1 saturated carbocycles. The minimum Gasteiger partial charge on any atom is -0.310 e. The molecule has 0 spiro atoms. The molecule has 1 N–H and O–H groups in total. The minimum absolute atomic E-state index is 0.727. The zero-order chi connectivity index (χ0) is 12.4. The Kier molecular flexibility index (Phi) is 3.11. The second-order valence-corrected chi connectivity index (χ2v) is 4.98. The fourth-order valence-electron chi connectivity index (χ4n) is 2.02. The molecule has 0 unspecified atom stereocenters. The van der Waals surface area contributed by atoms with Crippen LogP contribution in [0.25, 0.3) is 0 Å². The van der Waals surface area contributed by atoms with Gasteiger partial charge in [0.15, 0.2) is 0 Å². The monoisotopic (exact) mass is 242 g/mol. The predicted octanol–water partition coefficient (Wildman–Crippen LogP) is 1.89. The standard InChI is InChI=1S/C14H18N4/c1-11-7-17-18(9-11)10-14-12(3-2-6-15-14)8-16-13-4-5-13/h2-3,6-7,9,13,16H,4-5,8,10H2,1H3. The Hall–Kier alpha value is -1.68. The van der Waals surface area contributed by atoms with Crippen molar-refractivity contribution < 1.29 is 0 Å². The van der Waals surface area contributed by atoms with Crippen molar-refractivity contribution in [2.24, 2.45) is 0 Å². The largest absolute Gasteiger partial charge is 0.310 e. The molecule has 1 aliphatic rings. The quantitative estimate of drug-likeness (QED) is 0.870. The van der Waals surface area contributed by atoms with E-state index >= 15 is 0 Å². The Balaban J connectivity index is 1.73. The highest BCUT2D eigenvalue weighted by atomic mass is 15.3. The van der Waals surface area contributed by atoms with Gasteiger partial charge in [0, 0.05) is 25.0 Å². The molecule has 0 atom stereocenters. The van der Waals surface area contributed by atoms with Gasteiger partial charge in [0.2, 0.25) is 0 Å². The van der Waals surface area contributed by atoms with Crippen LogP contribution >= 0.6 is 0 Å². The van der Waals surface area contributed by atoms with Crippen molar-refractivity contribution in [1.82, 2.24) is 20.1 Å². The number of hydrogen-bond donors (Lipinski definition) is 1. The fourth-order valence-corrected chi connectivity index (χ4v) is 2.02. The molecule has 0 aromatic carbocycles. The van der Waals surface area contributed by atoms with Gasteiger partial charge in [-0.1, -0.05) is 6.07 Å². The van der Waals surface area contributed by atoms with Gasteiger partial charge in [-0.2, -0.15) is 5.10 Å². The van der Waals surface area contributed by atoms with Crippen LogP contribution in [0.15, 0.2) is 30.7 Å². The van der Waals surface area contributed by atoms with E-state index in [1.807, 2.05) is 29.3 Å². The summed E-state index contributed by atoms with van der Waals surface area (Å²) in [6.07, 6.45) is 8.41. The van der Waals surface area contributed by atoms with Gasteiger partial charge in [-0.15, -0.1) is 0 Å². The van der Waals surface area contributed by atoms with E-state index in [9.17, 15) is 0 Å². The van der Waals surface area contributed by atoms with E-state index in [1.165, 1.54) is 24.0 Å². The van der Waals surface area contributed by atoms with Crippen LogP contribution in [0.3, 0.4) is 0 Å². The molecule has 0 bridgehead atoms. The van der Waals surface area contributed by atoms with Crippen molar-refractivity contribution in [3.63, 3.8) is 0 Å². The van der Waals surface area contributed by atoms with E-state index in [2.05, 4.69) is 28.4 Å². The van der Waals surface area contributed by atoms with E-state index in [0.717, 1.165) is 24.8 Å². The van der Waals surface area contributed by atoms with Crippen LogP contribution < -0.4 is 5.32 Å². The summed E-state index contributed by atoms with van der Waals surface area (Å²) in [6, 6.07) is 4.88. The van der Waals surface area contributed by atoms with Gasteiger partial charge in [0.05, 0.1) is 18.4 Å². The second-order valence-electron chi connectivity index (χ2n) is 4.98. The molecule has 4 nitrogen and oxygen atoms in total. The summed E-state index contributed by atoms with van der Waals surface area (Å²) in [5.41, 5.74) is 3.56. The van der Waals surface area contributed by atoms with E-state index < -0.39 is 0 Å². The molecule has 18 heavy (non-hydrogen) atoms. The van der Waals surface area contributed by atoms with Crippen LogP contribution in [-0.4, -0.2) is 20.8 Å². The number of aromatic nitrogens is 3. The van der Waals surface area contributed by atoms with Crippen molar-refractivity contribution in [2.75, 3.05) is 0 Å². The van der Waals surface area contributed by atoms with Gasteiger partial charge < -0.3 is 5.32 Å². The lowest BCUT2D eigenvalue weighted by Gasteiger charge is -2.09. The van der Waals surface area contributed by atoms with E-state index in [4.69, 9.17) is 0 Å². The van der Waals surface area contributed by atoms with Crippen molar-refractivity contribution in [3.05, 3.63) is 47.5 Å². The third-order valence-electron chi connectivity index (χ3n) is 3.22. The summed E-state index contributed by atoms with van der Waals surface area (Å²) in [5, 5.41) is 7.85. The Morgan fingerprint density at radius 2 is 2.33 bits per heavy atom. The molecular weight excluding hydrogens is 224 g/mol. The zero-order valence-electron chi connectivity index (χ0n) is 10.6. The summed E-state index contributed by atoms with van der Waals surface area (Å²) in [4.78, 5) is 4.48. The normalized spacial score (nSPS) is 14.9. The highest BCUT2D eigenvalue weighted by Crippen LogP contribution is 2.19. The third kappa shape index (κ3) is 2.76. The summed E-state index contributed by atoms with van der Waals surface area (Å²) in [7, 11) is 0. The average molecular weight is 242 g/mol. The van der Waals surface area contributed by atoms with Crippen LogP contribution in [0, 0.1) is 6.92 Å². The molecule has 0 aliphatic heterocycles. The van der Waals surface area contributed by atoms with Crippen LogP contribution in [0.4, 0.5) is 0 Å². The topological polar surface area (TPSA) is 42.7 Å². The van der Waals surface area contributed by atoms with E-state index in [-0.39, 0.29) is 0 Å². The number of pyridine rings is 1. The van der Waals surface area contributed by atoms with Crippen LogP contribution in [-0.2, 0) is 13.1 Å². The van der Waals surface area contributed by atoms with Gasteiger partial charge in [-0.3, -0.25) is 9.67 Å². The molecule has 4 heteroatoms. The fraction of sp³-hybridized carbons (Fsp3) is 0.429. The smallest absolute Gasteiger partial charge is 0.0834 e. The van der Waals surface area contributed by atoms with Gasteiger partial charge in [0.1, 0.15) is 0 Å². The molecule has 2 aromatic rings. The summed E-state index contributed by atoms with van der Waals surface area (Å²) >= 11 is 0. The Morgan fingerprint density at radius 1 is 1.44 bits per heavy atom. The highest BCUT2D eigenvalue weighted by Gasteiger charge is 2.20. The molecule has 0 amide bonds. The van der Waals surface area contributed by atoms with Gasteiger partial charge in [-0.25, -0.2) is 0 Å². The first kappa shape index (κ1) is 11.4. The van der Waals surface area contributed by atoms with Gasteiger partial charge in [-0.05, 0) is 37.0 Å². The van der Waals surface area contributed by atoms with Crippen molar-refractivity contribution in [1.29, 1.82) is 0 Å². The van der Waals surface area contributed by atoms with Crippen LogP contribution in [0.2, 0.25) is 0 Å². The first-order valence-electron chi connectivity index (χ1n) is 6.46. The van der Waals surface area contributed by atoms with Gasteiger partial charge >= 0.3 is 0 Å². The number of nitrogens with one attached hydrogen (secondary N) is 1. The molecule has 94 valence electrons. The summed E-state index contributed by atoms with van der Waals surface area (Å²) in [5.74, 6) is 0. The SMILES string of the molecule is Cc1cnn(Cc2ncccc2CNC2CC2)c1.